The highest BCUT2D eigenvalue weighted by Gasteiger charge is 2.15. The molecule has 1 N–H and O–H groups in total. The monoisotopic (exact) mass is 365 g/mol. The Hall–Kier alpha value is -3.15. The van der Waals surface area contributed by atoms with Crippen LogP contribution in [0, 0.1) is 0 Å². The molecular weight excluding hydrogens is 342 g/mol. The molecule has 0 bridgehead atoms. The predicted molar refractivity (Wildman–Crippen MR) is 105 cm³/mol. The van der Waals surface area contributed by atoms with Gasteiger partial charge in [0.25, 0.3) is 5.56 Å². The van der Waals surface area contributed by atoms with E-state index in [1.807, 2.05) is 63.2 Å². The van der Waals surface area contributed by atoms with Crippen molar-refractivity contribution in [1.29, 1.82) is 0 Å². The van der Waals surface area contributed by atoms with Crippen LogP contribution in [0.4, 0.5) is 4.79 Å². The molecule has 3 rings (SSSR count). The zero-order valence-corrected chi connectivity index (χ0v) is 15.9. The Morgan fingerprint density at radius 1 is 1.11 bits per heavy atom. The number of nitrogens with one attached hydrogen (secondary N) is 1. The molecule has 0 aliphatic rings. The summed E-state index contributed by atoms with van der Waals surface area (Å²) in [6.07, 6.45) is -0.460. The molecule has 1 heterocycles. The summed E-state index contributed by atoms with van der Waals surface area (Å²) in [6, 6.07) is 15.0. The van der Waals surface area contributed by atoms with Gasteiger partial charge in [-0.05, 0) is 38.5 Å². The number of hydrogen-bond acceptors (Lipinski definition) is 4. The standard InChI is InChI=1S/C21H23N3O3/c1-21(2,3)22-20(26)27-13-14-8-7-9-15(12-14)18-16-10-5-6-11-17(16)19(25)24(4)23-18/h5-12H,13H2,1-4H3,(H,22,26). The average Bonchev–Trinajstić information content (AvgIpc) is 2.62. The molecule has 0 unspecified atom stereocenters. The molecule has 6 nitrogen and oxygen atoms in total. The van der Waals surface area contributed by atoms with Crippen molar-refractivity contribution >= 4 is 16.9 Å². The molecule has 140 valence electrons. The topological polar surface area (TPSA) is 73.2 Å². The van der Waals surface area contributed by atoms with Crippen LogP contribution in [0.15, 0.2) is 53.3 Å². The normalized spacial score (nSPS) is 11.4. The molecule has 3 aromatic rings. The number of carbonyl (C=O) groups is 1. The highest BCUT2D eigenvalue weighted by molar-refractivity contribution is 5.93. The van der Waals surface area contributed by atoms with E-state index >= 15 is 0 Å². The fraction of sp³-hybridized carbons (Fsp3) is 0.286. The average molecular weight is 365 g/mol. The molecule has 0 saturated carbocycles. The van der Waals surface area contributed by atoms with Crippen molar-refractivity contribution in [3.05, 3.63) is 64.4 Å². The third kappa shape index (κ3) is 4.34. The van der Waals surface area contributed by atoms with Crippen molar-refractivity contribution in [2.24, 2.45) is 7.05 Å². The highest BCUT2D eigenvalue weighted by atomic mass is 16.5. The molecule has 1 aromatic heterocycles. The van der Waals surface area contributed by atoms with E-state index in [1.165, 1.54) is 4.68 Å². The molecule has 0 radical (unpaired) electrons. The van der Waals surface area contributed by atoms with E-state index in [0.717, 1.165) is 16.5 Å². The van der Waals surface area contributed by atoms with E-state index in [2.05, 4.69) is 10.4 Å². The van der Waals surface area contributed by atoms with Crippen molar-refractivity contribution in [3.8, 4) is 11.3 Å². The fourth-order valence-corrected chi connectivity index (χ4v) is 2.81. The summed E-state index contributed by atoms with van der Waals surface area (Å²) < 4.78 is 6.64. The first kappa shape index (κ1) is 18.6. The van der Waals surface area contributed by atoms with E-state index in [0.29, 0.717) is 11.1 Å². The summed E-state index contributed by atoms with van der Waals surface area (Å²) in [6.45, 7) is 5.83. The molecule has 0 atom stereocenters. The van der Waals surface area contributed by atoms with E-state index in [9.17, 15) is 9.59 Å². The molecular formula is C21H23N3O3. The van der Waals surface area contributed by atoms with Gasteiger partial charge < -0.3 is 10.1 Å². The number of carbonyl (C=O) groups excluding carboxylic acids is 1. The van der Waals surface area contributed by atoms with Crippen LogP contribution in [-0.4, -0.2) is 21.4 Å². The number of aryl methyl sites for hydroxylation is 1. The number of hydrogen-bond donors (Lipinski definition) is 1. The second-order valence-electron chi connectivity index (χ2n) is 7.47. The highest BCUT2D eigenvalue weighted by Crippen LogP contribution is 2.25. The van der Waals surface area contributed by atoms with Gasteiger partial charge in [0.1, 0.15) is 6.61 Å². The number of nitrogens with zero attached hydrogens (tertiary/aromatic N) is 2. The number of rotatable bonds is 3. The number of alkyl carbamates (subject to hydrolysis) is 1. The first-order chi connectivity index (χ1) is 12.7. The van der Waals surface area contributed by atoms with E-state index in [-0.39, 0.29) is 17.7 Å². The second kappa shape index (κ2) is 7.23. The maximum atomic E-state index is 12.3. The maximum absolute atomic E-state index is 12.3. The Morgan fingerprint density at radius 2 is 1.81 bits per heavy atom. The number of ether oxygens (including phenoxy) is 1. The number of amides is 1. The van der Waals surface area contributed by atoms with Gasteiger partial charge >= 0.3 is 6.09 Å². The molecule has 1 amide bonds. The van der Waals surface area contributed by atoms with Crippen LogP contribution in [-0.2, 0) is 18.4 Å². The summed E-state index contributed by atoms with van der Waals surface area (Å²) in [5.41, 5.74) is 1.94. The van der Waals surface area contributed by atoms with Gasteiger partial charge in [0.2, 0.25) is 0 Å². The molecule has 6 heteroatoms. The fourth-order valence-electron chi connectivity index (χ4n) is 2.81. The molecule has 2 aromatic carbocycles. The first-order valence-electron chi connectivity index (χ1n) is 8.75. The maximum Gasteiger partial charge on any atom is 0.407 e. The van der Waals surface area contributed by atoms with Crippen molar-refractivity contribution in [2.45, 2.75) is 32.9 Å². The van der Waals surface area contributed by atoms with Gasteiger partial charge in [-0.25, -0.2) is 9.48 Å². The predicted octanol–water partition coefficient (Wildman–Crippen LogP) is 3.63. The van der Waals surface area contributed by atoms with Crippen LogP contribution in [0.3, 0.4) is 0 Å². The molecule has 0 aliphatic carbocycles. The Morgan fingerprint density at radius 3 is 2.52 bits per heavy atom. The van der Waals surface area contributed by atoms with Gasteiger partial charge in [-0.3, -0.25) is 4.79 Å². The van der Waals surface area contributed by atoms with Gasteiger partial charge in [0.05, 0.1) is 11.1 Å². The number of aromatic nitrogens is 2. The summed E-state index contributed by atoms with van der Waals surface area (Å²) >= 11 is 0. The summed E-state index contributed by atoms with van der Waals surface area (Å²) in [5.74, 6) is 0. The zero-order valence-electron chi connectivity index (χ0n) is 15.9. The minimum atomic E-state index is -0.460. The van der Waals surface area contributed by atoms with Crippen molar-refractivity contribution in [3.63, 3.8) is 0 Å². The number of fused-ring (bicyclic) bond motifs is 1. The van der Waals surface area contributed by atoms with Gasteiger partial charge in [-0.2, -0.15) is 5.10 Å². The third-order valence-electron chi connectivity index (χ3n) is 4.00. The Kier molecular flexibility index (Phi) is 4.99. The van der Waals surface area contributed by atoms with Crippen LogP contribution >= 0.6 is 0 Å². The van der Waals surface area contributed by atoms with Crippen molar-refractivity contribution < 1.29 is 9.53 Å². The quantitative estimate of drug-likeness (QED) is 0.769. The lowest BCUT2D eigenvalue weighted by atomic mass is 10.0. The van der Waals surface area contributed by atoms with Crippen LogP contribution in [0.2, 0.25) is 0 Å². The second-order valence-corrected chi connectivity index (χ2v) is 7.47. The van der Waals surface area contributed by atoms with Gasteiger partial charge in [0, 0.05) is 23.5 Å². The van der Waals surface area contributed by atoms with Crippen LogP contribution in [0.5, 0.6) is 0 Å². The summed E-state index contributed by atoms with van der Waals surface area (Å²) in [5, 5.41) is 8.62. The molecule has 0 spiro atoms. The molecule has 0 saturated heterocycles. The van der Waals surface area contributed by atoms with E-state index in [4.69, 9.17) is 4.74 Å². The smallest absolute Gasteiger partial charge is 0.407 e. The molecule has 0 aliphatic heterocycles. The lowest BCUT2D eigenvalue weighted by Crippen LogP contribution is -2.40. The Balaban J connectivity index is 1.91. The molecule has 27 heavy (non-hydrogen) atoms. The minimum Gasteiger partial charge on any atom is -0.445 e. The van der Waals surface area contributed by atoms with Crippen molar-refractivity contribution in [1.82, 2.24) is 15.1 Å². The first-order valence-corrected chi connectivity index (χ1v) is 8.75. The third-order valence-corrected chi connectivity index (χ3v) is 4.00. The number of benzene rings is 2. The lowest BCUT2D eigenvalue weighted by molar-refractivity contribution is 0.131. The van der Waals surface area contributed by atoms with E-state index in [1.54, 1.807) is 13.1 Å². The zero-order chi connectivity index (χ0) is 19.6. The van der Waals surface area contributed by atoms with E-state index < -0.39 is 6.09 Å². The lowest BCUT2D eigenvalue weighted by Gasteiger charge is -2.20. The SMILES string of the molecule is Cn1nc(-c2cccc(COC(=O)NC(C)(C)C)c2)c2ccccc2c1=O. The van der Waals surface area contributed by atoms with Crippen LogP contribution < -0.4 is 10.9 Å². The van der Waals surface area contributed by atoms with Crippen LogP contribution in [0.25, 0.3) is 22.0 Å². The summed E-state index contributed by atoms with van der Waals surface area (Å²) in [7, 11) is 1.64. The van der Waals surface area contributed by atoms with Gasteiger partial charge in [-0.15, -0.1) is 0 Å². The minimum absolute atomic E-state index is 0.132. The van der Waals surface area contributed by atoms with Gasteiger partial charge in [-0.1, -0.05) is 36.4 Å². The Labute approximate surface area is 157 Å². The van der Waals surface area contributed by atoms with Crippen molar-refractivity contribution in [2.75, 3.05) is 0 Å². The van der Waals surface area contributed by atoms with Crippen LogP contribution in [0.1, 0.15) is 26.3 Å². The largest absolute Gasteiger partial charge is 0.445 e. The summed E-state index contributed by atoms with van der Waals surface area (Å²) in [4.78, 5) is 24.2. The van der Waals surface area contributed by atoms with Gasteiger partial charge in [0.15, 0.2) is 0 Å². The molecule has 0 fully saturated rings. The Bertz CT molecular complexity index is 1050.